The van der Waals surface area contributed by atoms with Gasteiger partial charge in [0.1, 0.15) is 0 Å². The molecule has 0 aromatic heterocycles. The van der Waals surface area contributed by atoms with Gasteiger partial charge in [0.15, 0.2) is 0 Å². The smallest absolute Gasteiger partial charge is 0.0226 e. The van der Waals surface area contributed by atoms with Gasteiger partial charge in [0.05, 0.1) is 0 Å². The quantitative estimate of drug-likeness (QED) is 0.766. The summed E-state index contributed by atoms with van der Waals surface area (Å²) in [5.41, 5.74) is 0. The molecule has 0 aromatic carbocycles. The van der Waals surface area contributed by atoms with Crippen molar-refractivity contribution in [3.05, 3.63) is 0 Å². The molecule has 0 amide bonds. The third-order valence-electron chi connectivity index (χ3n) is 4.08. The fourth-order valence-electron chi connectivity index (χ4n) is 2.97. The van der Waals surface area contributed by atoms with Gasteiger partial charge in [0, 0.05) is 31.2 Å². The topological polar surface area (TPSA) is 15.3 Å². The van der Waals surface area contributed by atoms with Gasteiger partial charge in [0.25, 0.3) is 0 Å². The van der Waals surface area contributed by atoms with Gasteiger partial charge in [-0.1, -0.05) is 34.1 Å². The first kappa shape index (κ1) is 15.0. The van der Waals surface area contributed by atoms with Crippen molar-refractivity contribution in [3.8, 4) is 0 Å². The Morgan fingerprint density at radius 1 is 1.24 bits per heavy atom. The predicted molar refractivity (Wildman–Crippen MR) is 76.4 cm³/mol. The van der Waals surface area contributed by atoms with E-state index in [1.54, 1.807) is 0 Å². The lowest BCUT2D eigenvalue weighted by Gasteiger charge is -2.44. The van der Waals surface area contributed by atoms with E-state index < -0.39 is 0 Å². The Kier molecular flexibility index (Phi) is 6.50. The van der Waals surface area contributed by atoms with Crippen LogP contribution in [0.25, 0.3) is 0 Å². The lowest BCUT2D eigenvalue weighted by Crippen LogP contribution is -2.59. The van der Waals surface area contributed by atoms with Crippen LogP contribution in [0.3, 0.4) is 0 Å². The summed E-state index contributed by atoms with van der Waals surface area (Å²) >= 11 is 0. The highest BCUT2D eigenvalue weighted by molar-refractivity contribution is 4.88. The van der Waals surface area contributed by atoms with Crippen LogP contribution in [0, 0.1) is 5.92 Å². The van der Waals surface area contributed by atoms with E-state index >= 15 is 0 Å². The van der Waals surface area contributed by atoms with Crippen LogP contribution >= 0.6 is 0 Å². The van der Waals surface area contributed by atoms with Gasteiger partial charge in [-0.3, -0.25) is 4.90 Å². The Balaban J connectivity index is 2.58. The number of hydrogen-bond acceptors (Lipinski definition) is 2. The first-order valence-corrected chi connectivity index (χ1v) is 7.57. The van der Waals surface area contributed by atoms with E-state index in [4.69, 9.17) is 0 Å². The lowest BCUT2D eigenvalue weighted by molar-refractivity contribution is 0.0721. The van der Waals surface area contributed by atoms with Gasteiger partial charge in [-0.15, -0.1) is 0 Å². The van der Waals surface area contributed by atoms with Gasteiger partial charge in [-0.2, -0.15) is 0 Å². The second-order valence-electron chi connectivity index (χ2n) is 6.13. The van der Waals surface area contributed by atoms with Crippen LogP contribution in [0.4, 0.5) is 0 Å². The van der Waals surface area contributed by atoms with Crippen LogP contribution in [0.2, 0.25) is 0 Å². The highest BCUT2D eigenvalue weighted by Gasteiger charge is 2.30. The molecule has 0 aromatic rings. The molecule has 0 radical (unpaired) electrons. The molecule has 1 N–H and O–H groups in total. The van der Waals surface area contributed by atoms with Crippen LogP contribution in [0.1, 0.15) is 60.3 Å². The molecule has 2 heteroatoms. The molecular weight excluding hydrogens is 208 g/mol. The monoisotopic (exact) mass is 240 g/mol. The average molecular weight is 240 g/mol. The molecule has 2 nitrogen and oxygen atoms in total. The summed E-state index contributed by atoms with van der Waals surface area (Å²) in [5.74, 6) is 0.802. The van der Waals surface area contributed by atoms with Crippen LogP contribution in [-0.2, 0) is 0 Å². The van der Waals surface area contributed by atoms with E-state index in [2.05, 4.69) is 44.8 Å². The van der Waals surface area contributed by atoms with Gasteiger partial charge in [-0.25, -0.2) is 0 Å². The second-order valence-corrected chi connectivity index (χ2v) is 6.13. The molecule has 0 saturated carbocycles. The van der Waals surface area contributed by atoms with E-state index in [1.165, 1.54) is 38.8 Å². The van der Waals surface area contributed by atoms with Crippen molar-refractivity contribution in [1.29, 1.82) is 0 Å². The zero-order chi connectivity index (χ0) is 12.8. The summed E-state index contributed by atoms with van der Waals surface area (Å²) < 4.78 is 0. The van der Waals surface area contributed by atoms with E-state index in [0.29, 0.717) is 0 Å². The molecule has 3 unspecified atom stereocenters. The fourth-order valence-corrected chi connectivity index (χ4v) is 2.97. The third-order valence-corrected chi connectivity index (χ3v) is 4.08. The maximum absolute atomic E-state index is 3.74. The molecule has 0 spiro atoms. The third kappa shape index (κ3) is 4.59. The molecule has 1 rings (SSSR count). The largest absolute Gasteiger partial charge is 0.311 e. The van der Waals surface area contributed by atoms with Crippen molar-refractivity contribution in [2.45, 2.75) is 78.4 Å². The number of hydrogen-bond donors (Lipinski definition) is 1. The summed E-state index contributed by atoms with van der Waals surface area (Å²) in [6, 6.07) is 2.20. The summed E-state index contributed by atoms with van der Waals surface area (Å²) in [6.07, 6.45) is 5.21. The average Bonchev–Trinajstić information content (AvgIpc) is 2.30. The Labute approximate surface area is 108 Å². The van der Waals surface area contributed by atoms with Crippen LogP contribution in [0.15, 0.2) is 0 Å². The van der Waals surface area contributed by atoms with Crippen molar-refractivity contribution >= 4 is 0 Å². The molecule has 1 heterocycles. The number of rotatable bonds is 6. The van der Waals surface area contributed by atoms with Gasteiger partial charge >= 0.3 is 0 Å². The van der Waals surface area contributed by atoms with Crippen molar-refractivity contribution in [3.63, 3.8) is 0 Å². The fraction of sp³-hybridized carbons (Fsp3) is 1.00. The minimum Gasteiger partial charge on any atom is -0.311 e. The molecule has 3 atom stereocenters. The molecular formula is C15H32N2. The molecule has 17 heavy (non-hydrogen) atoms. The second kappa shape index (κ2) is 7.38. The summed E-state index contributed by atoms with van der Waals surface area (Å²) in [4.78, 5) is 2.76. The first-order valence-electron chi connectivity index (χ1n) is 7.57. The van der Waals surface area contributed by atoms with Crippen LogP contribution < -0.4 is 5.32 Å². The number of nitrogens with zero attached hydrogens (tertiary/aromatic N) is 1. The maximum Gasteiger partial charge on any atom is 0.0226 e. The standard InChI is InChI=1S/C15H32N2/c1-6-8-14-11-17(13(5)7-2)15(10-16-14)9-12(3)4/h12-16H,6-11H2,1-5H3. The molecule has 1 aliphatic rings. The van der Waals surface area contributed by atoms with E-state index in [0.717, 1.165) is 24.0 Å². The minimum absolute atomic E-state index is 0.720. The van der Waals surface area contributed by atoms with Gasteiger partial charge in [-0.05, 0) is 32.1 Å². The Hall–Kier alpha value is -0.0800. The first-order chi connectivity index (χ1) is 8.08. The molecule has 102 valence electrons. The Morgan fingerprint density at radius 3 is 2.47 bits per heavy atom. The Bertz CT molecular complexity index is 203. The van der Waals surface area contributed by atoms with Crippen molar-refractivity contribution in [2.24, 2.45) is 5.92 Å². The lowest BCUT2D eigenvalue weighted by atomic mass is 9.96. The van der Waals surface area contributed by atoms with Crippen molar-refractivity contribution < 1.29 is 0 Å². The molecule has 1 fully saturated rings. The van der Waals surface area contributed by atoms with E-state index in [1.807, 2.05) is 0 Å². The molecule has 1 aliphatic heterocycles. The summed E-state index contributed by atoms with van der Waals surface area (Å²) in [5, 5.41) is 3.74. The molecule has 1 saturated heterocycles. The van der Waals surface area contributed by atoms with Crippen LogP contribution in [-0.4, -0.2) is 36.1 Å². The summed E-state index contributed by atoms with van der Waals surface area (Å²) in [7, 11) is 0. The van der Waals surface area contributed by atoms with Crippen LogP contribution in [0.5, 0.6) is 0 Å². The van der Waals surface area contributed by atoms with Crippen molar-refractivity contribution in [1.82, 2.24) is 10.2 Å². The normalized spacial score (nSPS) is 28.6. The summed E-state index contributed by atoms with van der Waals surface area (Å²) in [6.45, 7) is 14.1. The minimum atomic E-state index is 0.720. The number of piperazine rings is 1. The maximum atomic E-state index is 3.74. The zero-order valence-corrected chi connectivity index (χ0v) is 12.5. The van der Waals surface area contributed by atoms with E-state index in [9.17, 15) is 0 Å². The molecule has 0 bridgehead atoms. The van der Waals surface area contributed by atoms with Crippen molar-refractivity contribution in [2.75, 3.05) is 13.1 Å². The van der Waals surface area contributed by atoms with E-state index in [-0.39, 0.29) is 0 Å². The highest BCUT2D eigenvalue weighted by atomic mass is 15.2. The zero-order valence-electron chi connectivity index (χ0n) is 12.5. The predicted octanol–water partition coefficient (Wildman–Crippen LogP) is 3.27. The highest BCUT2D eigenvalue weighted by Crippen LogP contribution is 2.20. The molecule has 0 aliphatic carbocycles. The SMILES string of the molecule is CCCC1CN(C(C)CC)C(CC(C)C)CN1. The van der Waals surface area contributed by atoms with Gasteiger partial charge < -0.3 is 5.32 Å². The Morgan fingerprint density at radius 2 is 1.94 bits per heavy atom. The number of nitrogens with one attached hydrogen (secondary N) is 1. The van der Waals surface area contributed by atoms with Gasteiger partial charge in [0.2, 0.25) is 0 Å².